The van der Waals surface area contributed by atoms with Crippen molar-refractivity contribution in [3.63, 3.8) is 0 Å². The Labute approximate surface area is 120 Å². The van der Waals surface area contributed by atoms with Crippen molar-refractivity contribution < 1.29 is 4.79 Å². The summed E-state index contributed by atoms with van der Waals surface area (Å²) in [5.41, 5.74) is 6.23. The van der Waals surface area contributed by atoms with Crippen LogP contribution in [0.3, 0.4) is 0 Å². The van der Waals surface area contributed by atoms with Crippen LogP contribution in [0.5, 0.6) is 0 Å². The number of hydrogen-bond acceptors (Lipinski definition) is 4. The van der Waals surface area contributed by atoms with Crippen molar-refractivity contribution in [1.82, 2.24) is 14.8 Å². The maximum Gasteiger partial charge on any atom is 0.239 e. The highest BCUT2D eigenvalue weighted by molar-refractivity contribution is 7.15. The van der Waals surface area contributed by atoms with Crippen molar-refractivity contribution >= 4 is 22.2 Å². The summed E-state index contributed by atoms with van der Waals surface area (Å²) >= 11 is 1.52. The number of nitrogens with zero attached hydrogens (tertiary/aromatic N) is 2. The summed E-state index contributed by atoms with van der Waals surface area (Å²) in [7, 11) is 0. The van der Waals surface area contributed by atoms with Gasteiger partial charge in [-0.15, -0.1) is 11.3 Å². The van der Waals surface area contributed by atoms with Gasteiger partial charge in [-0.1, -0.05) is 29.8 Å². The molecule has 3 N–H and O–H groups in total. The maximum absolute atomic E-state index is 11.4. The Morgan fingerprint density at radius 3 is 2.85 bits per heavy atom. The van der Waals surface area contributed by atoms with E-state index in [1.807, 2.05) is 28.1 Å². The molecule has 102 valence electrons. The molecule has 6 heteroatoms. The number of benzene rings is 1. The predicted molar refractivity (Wildman–Crippen MR) is 79.3 cm³/mol. The number of carbonyl (C=O) groups excluding carboxylic acids is 1. The zero-order valence-corrected chi connectivity index (χ0v) is 11.8. The molecule has 0 atom stereocenters. The van der Waals surface area contributed by atoms with Crippen LogP contribution in [0.4, 0.5) is 0 Å². The summed E-state index contributed by atoms with van der Waals surface area (Å²) < 4.78 is 1.94. The van der Waals surface area contributed by atoms with Gasteiger partial charge in [0.25, 0.3) is 0 Å². The minimum absolute atomic E-state index is 0.213. The van der Waals surface area contributed by atoms with Gasteiger partial charge in [-0.05, 0) is 6.92 Å². The van der Waals surface area contributed by atoms with Crippen LogP contribution in [0.25, 0.3) is 16.2 Å². The van der Waals surface area contributed by atoms with Crippen LogP contribution >= 0.6 is 11.3 Å². The number of amides is 1. The normalized spacial score (nSPS) is 10.9. The molecule has 2 heterocycles. The van der Waals surface area contributed by atoms with Gasteiger partial charge in [0.05, 0.1) is 12.1 Å². The second-order valence-corrected chi connectivity index (χ2v) is 5.45. The Balaban J connectivity index is 1.98. The molecule has 3 aromatic rings. The first-order chi connectivity index (χ1) is 9.67. The van der Waals surface area contributed by atoms with E-state index in [2.05, 4.69) is 29.5 Å². The Morgan fingerprint density at radius 1 is 1.40 bits per heavy atom. The molecule has 0 unspecified atom stereocenters. The summed E-state index contributed by atoms with van der Waals surface area (Å²) in [6.07, 6.45) is 2.20. The lowest BCUT2D eigenvalue weighted by Gasteiger charge is -1.98. The van der Waals surface area contributed by atoms with Crippen molar-refractivity contribution in [2.75, 3.05) is 0 Å². The number of rotatable bonds is 3. The fraction of sp³-hybridized carbons (Fsp3) is 0.143. The van der Waals surface area contributed by atoms with E-state index in [0.29, 0.717) is 0 Å². The molecule has 0 fully saturated rings. The first kappa shape index (κ1) is 12.8. The molecule has 0 aliphatic heterocycles. The zero-order chi connectivity index (χ0) is 14.1. The number of carbonyl (C=O) groups is 1. The number of aromatic nitrogens is 2. The van der Waals surface area contributed by atoms with Crippen LogP contribution < -0.4 is 11.3 Å². The van der Waals surface area contributed by atoms with Crippen LogP contribution in [0, 0.1) is 6.92 Å². The fourth-order valence-corrected chi connectivity index (χ4v) is 2.91. The molecule has 0 saturated carbocycles. The van der Waals surface area contributed by atoms with E-state index in [0.717, 1.165) is 21.9 Å². The minimum atomic E-state index is -0.213. The molecule has 0 aliphatic rings. The number of nitrogens with two attached hydrogens (primary N) is 1. The number of hydrazine groups is 1. The van der Waals surface area contributed by atoms with Gasteiger partial charge in [0, 0.05) is 22.8 Å². The number of hydrogen-bond donors (Lipinski definition) is 2. The second kappa shape index (κ2) is 5.07. The van der Waals surface area contributed by atoms with E-state index >= 15 is 0 Å². The first-order valence-electron chi connectivity index (χ1n) is 6.19. The number of nitrogens with one attached hydrogen (secondary N) is 1. The number of fused-ring (bicyclic) bond motifs is 1. The van der Waals surface area contributed by atoms with Crippen molar-refractivity contribution in [3.8, 4) is 11.3 Å². The van der Waals surface area contributed by atoms with Crippen LogP contribution in [-0.2, 0) is 11.2 Å². The monoisotopic (exact) mass is 286 g/mol. The molecule has 0 bridgehead atoms. The molecular weight excluding hydrogens is 272 g/mol. The third kappa shape index (κ3) is 2.31. The lowest BCUT2D eigenvalue weighted by Crippen LogP contribution is -2.31. The first-order valence-corrected chi connectivity index (χ1v) is 7.07. The Bertz CT molecular complexity index is 757. The highest BCUT2D eigenvalue weighted by Gasteiger charge is 2.11. The summed E-state index contributed by atoms with van der Waals surface area (Å²) in [6.45, 7) is 2.05. The maximum atomic E-state index is 11.4. The quantitative estimate of drug-likeness (QED) is 0.439. The highest BCUT2D eigenvalue weighted by atomic mass is 32.1. The molecule has 0 spiro atoms. The van der Waals surface area contributed by atoms with Crippen LogP contribution in [0.15, 0.2) is 35.8 Å². The SMILES string of the molecule is Cc1ccc(-c2cn3c(CC(=O)NN)csc3n2)cc1. The summed E-state index contributed by atoms with van der Waals surface area (Å²) in [6, 6.07) is 8.22. The standard InChI is InChI=1S/C14H14N4OS/c1-9-2-4-10(5-3-9)12-7-18-11(6-13(19)17-15)8-20-14(18)16-12/h2-5,7-8H,6,15H2,1H3,(H,17,19). The van der Waals surface area contributed by atoms with Gasteiger partial charge in [-0.25, -0.2) is 10.8 Å². The third-order valence-electron chi connectivity index (χ3n) is 3.13. The topological polar surface area (TPSA) is 72.4 Å². The fourth-order valence-electron chi connectivity index (χ4n) is 2.04. The number of aryl methyl sites for hydroxylation is 1. The lowest BCUT2D eigenvalue weighted by molar-refractivity contribution is -0.120. The third-order valence-corrected chi connectivity index (χ3v) is 4.02. The van der Waals surface area contributed by atoms with E-state index in [9.17, 15) is 4.79 Å². The van der Waals surface area contributed by atoms with Gasteiger partial charge in [0.15, 0.2) is 4.96 Å². The average Bonchev–Trinajstić information content (AvgIpc) is 3.01. The zero-order valence-electron chi connectivity index (χ0n) is 11.0. The van der Waals surface area contributed by atoms with Crippen molar-refractivity contribution in [2.45, 2.75) is 13.3 Å². The number of thiazole rings is 1. The van der Waals surface area contributed by atoms with Crippen molar-refractivity contribution in [3.05, 3.63) is 47.1 Å². The van der Waals surface area contributed by atoms with Crippen LogP contribution in [-0.4, -0.2) is 15.3 Å². The van der Waals surface area contributed by atoms with Gasteiger partial charge >= 0.3 is 0 Å². The van der Waals surface area contributed by atoms with Crippen molar-refractivity contribution in [2.24, 2.45) is 5.84 Å². The van der Waals surface area contributed by atoms with Gasteiger partial charge in [-0.2, -0.15) is 0 Å². The summed E-state index contributed by atoms with van der Waals surface area (Å²) in [5, 5.41) is 1.93. The largest absolute Gasteiger partial charge is 0.294 e. The molecule has 20 heavy (non-hydrogen) atoms. The molecule has 1 amide bonds. The molecular formula is C14H14N4OS. The number of imidazole rings is 1. The highest BCUT2D eigenvalue weighted by Crippen LogP contribution is 2.24. The van der Waals surface area contributed by atoms with Gasteiger partial charge in [0.2, 0.25) is 5.91 Å². The average molecular weight is 286 g/mol. The lowest BCUT2D eigenvalue weighted by atomic mass is 10.1. The molecule has 0 aliphatic carbocycles. The summed E-state index contributed by atoms with van der Waals surface area (Å²) in [5.74, 6) is 4.91. The Hall–Kier alpha value is -2.18. The van der Waals surface area contributed by atoms with Crippen LogP contribution in [0.2, 0.25) is 0 Å². The molecule has 0 radical (unpaired) electrons. The van der Waals surface area contributed by atoms with E-state index < -0.39 is 0 Å². The molecule has 1 aromatic carbocycles. The van der Waals surface area contributed by atoms with E-state index in [-0.39, 0.29) is 12.3 Å². The van der Waals surface area contributed by atoms with Crippen LogP contribution in [0.1, 0.15) is 11.3 Å². The molecule has 0 saturated heterocycles. The minimum Gasteiger partial charge on any atom is -0.294 e. The van der Waals surface area contributed by atoms with E-state index in [1.165, 1.54) is 16.9 Å². The van der Waals surface area contributed by atoms with Gasteiger partial charge in [0.1, 0.15) is 0 Å². The Kier molecular flexibility index (Phi) is 3.25. The Morgan fingerprint density at radius 2 is 2.15 bits per heavy atom. The predicted octanol–water partition coefficient (Wildman–Crippen LogP) is 1.90. The molecule has 2 aromatic heterocycles. The van der Waals surface area contributed by atoms with E-state index in [4.69, 9.17) is 5.84 Å². The summed E-state index contributed by atoms with van der Waals surface area (Å²) in [4.78, 5) is 16.8. The van der Waals surface area contributed by atoms with Crippen molar-refractivity contribution in [1.29, 1.82) is 0 Å². The molecule has 5 nitrogen and oxygen atoms in total. The van der Waals surface area contributed by atoms with Gasteiger partial charge in [-0.3, -0.25) is 14.6 Å². The second-order valence-electron chi connectivity index (χ2n) is 4.62. The molecule has 3 rings (SSSR count). The smallest absolute Gasteiger partial charge is 0.239 e. The van der Waals surface area contributed by atoms with E-state index in [1.54, 1.807) is 0 Å². The van der Waals surface area contributed by atoms with Gasteiger partial charge < -0.3 is 0 Å².